The summed E-state index contributed by atoms with van der Waals surface area (Å²) in [4.78, 5) is 30.0. The summed E-state index contributed by atoms with van der Waals surface area (Å²) < 4.78 is 38.9. The molecule has 54 heavy (non-hydrogen) atoms. The Hall–Kier alpha value is -2.92. The Bertz CT molecular complexity index is 1710. The van der Waals surface area contributed by atoms with Crippen molar-refractivity contribution in [2.24, 2.45) is 45.8 Å². The van der Waals surface area contributed by atoms with E-state index in [0.29, 0.717) is 25.4 Å². The van der Waals surface area contributed by atoms with E-state index in [0.717, 1.165) is 61.5 Å². The molecule has 8 bridgehead atoms. The molecule has 10 rings (SSSR count). The smallest absolute Gasteiger partial charge is 0.318 e. The van der Waals surface area contributed by atoms with Gasteiger partial charge in [0.2, 0.25) is 0 Å². The highest BCUT2D eigenvalue weighted by molar-refractivity contribution is 5.92. The van der Waals surface area contributed by atoms with Crippen LogP contribution in [-0.4, -0.2) is 67.3 Å². The van der Waals surface area contributed by atoms with E-state index >= 15 is 4.79 Å². The Labute approximate surface area is 319 Å². The van der Waals surface area contributed by atoms with Crippen LogP contribution in [0.4, 0.5) is 0 Å². The van der Waals surface area contributed by atoms with E-state index in [1.54, 1.807) is 0 Å². The van der Waals surface area contributed by atoms with E-state index in [1.165, 1.54) is 0 Å². The average molecular weight is 741 g/mol. The van der Waals surface area contributed by atoms with Crippen LogP contribution in [0.25, 0.3) is 0 Å². The number of benzene rings is 2. The molecule has 0 spiro atoms. The highest BCUT2D eigenvalue weighted by atomic mass is 17.0. The van der Waals surface area contributed by atoms with E-state index < -0.39 is 59.0 Å². The number of aldehydes is 1. The Kier molecular flexibility index (Phi) is 9.26. The number of aliphatic hydroxyl groups is 1. The molecule has 2 aromatic carbocycles. The Morgan fingerprint density at radius 2 is 1.69 bits per heavy atom. The number of unbranched alkanes of at least 4 members (excludes halogenated alkanes) is 3. The van der Waals surface area contributed by atoms with Crippen molar-refractivity contribution in [3.05, 3.63) is 83.4 Å². The molecule has 4 saturated heterocycles. The molecular weight excluding hydrogens is 684 g/mol. The minimum Gasteiger partial charge on any atom is -0.452 e. The zero-order valence-electron chi connectivity index (χ0n) is 32.1. The summed E-state index contributed by atoms with van der Waals surface area (Å²) in [6.45, 7) is 9.32. The van der Waals surface area contributed by atoms with Crippen molar-refractivity contribution in [3.63, 3.8) is 0 Å². The first-order valence-electron chi connectivity index (χ1n) is 20.6. The molecule has 4 heterocycles. The molecule has 13 atom stereocenters. The number of rotatable bonds is 15. The Morgan fingerprint density at radius 1 is 0.963 bits per heavy atom. The van der Waals surface area contributed by atoms with Crippen molar-refractivity contribution in [2.45, 2.75) is 122 Å². The van der Waals surface area contributed by atoms with E-state index in [-0.39, 0.29) is 36.2 Å². The van der Waals surface area contributed by atoms with Gasteiger partial charge in [-0.2, -0.15) is 0 Å². The van der Waals surface area contributed by atoms with Crippen LogP contribution >= 0.6 is 0 Å². The molecule has 4 aliphatic carbocycles. The Morgan fingerprint density at radius 3 is 2.35 bits per heavy atom. The van der Waals surface area contributed by atoms with Gasteiger partial charge in [-0.25, -0.2) is 0 Å². The van der Waals surface area contributed by atoms with Crippen molar-refractivity contribution in [1.82, 2.24) is 0 Å². The molecular formula is C45H56O9. The van der Waals surface area contributed by atoms with Gasteiger partial charge in [-0.15, -0.1) is 0 Å². The van der Waals surface area contributed by atoms with E-state index in [1.807, 2.05) is 60.7 Å². The van der Waals surface area contributed by atoms with Gasteiger partial charge in [-0.1, -0.05) is 126 Å². The van der Waals surface area contributed by atoms with Crippen molar-refractivity contribution in [2.75, 3.05) is 13.2 Å². The van der Waals surface area contributed by atoms with Gasteiger partial charge < -0.3 is 33.6 Å². The first kappa shape index (κ1) is 36.7. The highest BCUT2D eigenvalue weighted by Gasteiger charge is 2.85. The van der Waals surface area contributed by atoms with Gasteiger partial charge in [-0.3, -0.25) is 9.53 Å². The second-order valence-corrected chi connectivity index (χ2v) is 17.7. The molecule has 0 amide bonds. The highest BCUT2D eigenvalue weighted by Crippen LogP contribution is 2.83. The summed E-state index contributed by atoms with van der Waals surface area (Å²) in [5.74, 6) is -1.61. The van der Waals surface area contributed by atoms with Gasteiger partial charge in [-0.05, 0) is 66.4 Å². The minimum atomic E-state index is -1.77. The number of aliphatic hydroxyl groups excluding tert-OH is 1. The molecule has 0 aromatic heterocycles. The third-order valence-electron chi connectivity index (χ3n) is 14.8. The van der Waals surface area contributed by atoms with Crippen LogP contribution in [-0.2, 0) is 38.0 Å². The first-order valence-corrected chi connectivity index (χ1v) is 20.6. The number of carbonyl (C=O) groups excluding carboxylic acids is 2. The average Bonchev–Trinajstić information content (AvgIpc) is 3.92. The van der Waals surface area contributed by atoms with Crippen molar-refractivity contribution >= 4 is 12.3 Å². The topological polar surface area (TPSA) is 110 Å². The molecule has 4 aliphatic heterocycles. The number of hydrogen-bond acceptors (Lipinski definition) is 9. The van der Waals surface area contributed by atoms with Gasteiger partial charge >= 0.3 is 11.9 Å². The minimum absolute atomic E-state index is 0.0260. The molecule has 0 radical (unpaired) electrons. The number of esters is 1. The summed E-state index contributed by atoms with van der Waals surface area (Å²) in [5, 5.41) is 11.8. The summed E-state index contributed by atoms with van der Waals surface area (Å²) >= 11 is 0. The third-order valence-corrected chi connectivity index (χ3v) is 14.8. The lowest BCUT2D eigenvalue weighted by atomic mass is 9.43. The zero-order chi connectivity index (χ0) is 37.5. The number of fused-ring (bicyclic) bond motifs is 2. The lowest BCUT2D eigenvalue weighted by Crippen LogP contribution is -2.66. The predicted molar refractivity (Wildman–Crippen MR) is 198 cm³/mol. The van der Waals surface area contributed by atoms with Crippen LogP contribution in [0.15, 0.2) is 72.3 Å². The molecule has 9 heteroatoms. The van der Waals surface area contributed by atoms with Gasteiger partial charge in [0.15, 0.2) is 18.5 Å². The lowest BCUT2D eigenvalue weighted by Gasteiger charge is -2.59. The summed E-state index contributed by atoms with van der Waals surface area (Å²) in [6.07, 6.45) is 6.55. The van der Waals surface area contributed by atoms with Gasteiger partial charge in [0.05, 0.1) is 12.0 Å². The van der Waals surface area contributed by atoms with Crippen molar-refractivity contribution < 1.29 is 43.1 Å². The van der Waals surface area contributed by atoms with E-state index in [4.69, 9.17) is 28.4 Å². The summed E-state index contributed by atoms with van der Waals surface area (Å²) in [5.41, 5.74) is -0.396. The molecule has 2 aromatic rings. The maximum atomic E-state index is 15.9. The van der Waals surface area contributed by atoms with Crippen LogP contribution in [0.5, 0.6) is 0 Å². The lowest BCUT2D eigenvalue weighted by molar-refractivity contribution is -0.448. The standard InChI is InChI=1S/C45H56O9/c1-5-6-7-14-21-49-36-37-39(47)45(53-38(36)40(51-37)54-45)50-26-43-24-32-28(4)19-20-33(32)42(25-46)23-31(43)22-34(27(2)3)44(42,43)41(48)52-35(29-15-10-8-11-16-29)30-17-12-9-13-18-30/h8-13,15-18,22,25,27-28,31-33,35-40,47H,5-7,14,19-21,23-24,26H2,1-4H3. The number of hydrogen-bond donors (Lipinski definition) is 1. The number of allylic oxidation sites excluding steroid dienone is 1. The quantitative estimate of drug-likeness (QED) is 0.0871. The van der Waals surface area contributed by atoms with Crippen molar-refractivity contribution in [3.8, 4) is 0 Å². The second kappa shape index (κ2) is 13.6. The summed E-state index contributed by atoms with van der Waals surface area (Å²) in [7, 11) is 0. The van der Waals surface area contributed by atoms with Crippen LogP contribution in [0.2, 0.25) is 0 Å². The van der Waals surface area contributed by atoms with Crippen LogP contribution in [0, 0.1) is 45.8 Å². The number of carbonyl (C=O) groups is 2. The third kappa shape index (κ3) is 4.97. The Balaban J connectivity index is 1.09. The zero-order valence-corrected chi connectivity index (χ0v) is 32.1. The normalized spacial score (nSPS) is 42.2. The predicted octanol–water partition coefficient (Wildman–Crippen LogP) is 7.31. The van der Waals surface area contributed by atoms with Crippen LogP contribution in [0.3, 0.4) is 0 Å². The SMILES string of the molecule is CCCCCCOC1C2OC3(OCC45CC6C(C)CCC6C6(C=O)CC4C=C(C(C)C)C65C(=O)OC(c4ccccc4)c4ccccc4)OC2OC1C3O. The largest absolute Gasteiger partial charge is 0.452 e. The van der Waals surface area contributed by atoms with Crippen LogP contribution < -0.4 is 0 Å². The maximum Gasteiger partial charge on any atom is 0.318 e. The van der Waals surface area contributed by atoms with Gasteiger partial charge in [0, 0.05) is 12.0 Å². The number of ether oxygens (including phenoxy) is 6. The van der Waals surface area contributed by atoms with E-state index in [2.05, 4.69) is 33.8 Å². The molecule has 7 fully saturated rings. The molecule has 13 unspecified atom stereocenters. The first-order chi connectivity index (χ1) is 26.2. The van der Waals surface area contributed by atoms with Crippen molar-refractivity contribution in [1.29, 1.82) is 0 Å². The molecule has 9 nitrogen and oxygen atoms in total. The fraction of sp³-hybridized carbons (Fsp3) is 0.644. The van der Waals surface area contributed by atoms with Crippen LogP contribution in [0.1, 0.15) is 96.3 Å². The van der Waals surface area contributed by atoms with Gasteiger partial charge in [0.25, 0.3) is 0 Å². The van der Waals surface area contributed by atoms with E-state index in [9.17, 15) is 9.90 Å². The molecule has 3 saturated carbocycles. The molecule has 8 aliphatic rings. The fourth-order valence-corrected chi connectivity index (χ4v) is 12.6. The monoisotopic (exact) mass is 740 g/mol. The second-order valence-electron chi connectivity index (χ2n) is 17.7. The molecule has 1 N–H and O–H groups in total. The summed E-state index contributed by atoms with van der Waals surface area (Å²) in [6, 6.07) is 19.7. The fourth-order valence-electron chi connectivity index (χ4n) is 12.6. The molecule has 290 valence electrons. The van der Waals surface area contributed by atoms with Gasteiger partial charge in [0.1, 0.15) is 30.0 Å². The maximum absolute atomic E-state index is 15.9.